The van der Waals surface area contributed by atoms with Crippen LogP contribution in [-0.2, 0) is 11.3 Å². The molecule has 156 valence electrons. The van der Waals surface area contributed by atoms with Crippen molar-refractivity contribution in [1.82, 2.24) is 0 Å². The largest absolute Gasteiger partial charge is 0.496 e. The van der Waals surface area contributed by atoms with Gasteiger partial charge in [-0.3, -0.25) is 0 Å². The number of nitrogen functional groups attached to an aromatic ring is 1. The van der Waals surface area contributed by atoms with Gasteiger partial charge in [-0.2, -0.15) is 0 Å². The first-order valence-electron chi connectivity index (χ1n) is 10.7. The van der Waals surface area contributed by atoms with Crippen molar-refractivity contribution in [1.29, 1.82) is 0 Å². The molecule has 0 saturated heterocycles. The van der Waals surface area contributed by atoms with Gasteiger partial charge in [-0.25, -0.2) is 0 Å². The molecule has 0 aliphatic carbocycles. The van der Waals surface area contributed by atoms with Crippen LogP contribution in [0.1, 0.15) is 92.1 Å². The Morgan fingerprint density at radius 1 is 0.963 bits per heavy atom. The molecule has 0 spiro atoms. The minimum atomic E-state index is -0.200. The smallest absolute Gasteiger partial charge is 0.126 e. The summed E-state index contributed by atoms with van der Waals surface area (Å²) < 4.78 is 11.9. The van der Waals surface area contributed by atoms with Crippen molar-refractivity contribution < 1.29 is 9.47 Å². The van der Waals surface area contributed by atoms with Crippen molar-refractivity contribution in [3.05, 3.63) is 23.8 Å². The van der Waals surface area contributed by atoms with E-state index in [0.29, 0.717) is 18.2 Å². The third-order valence-corrected chi connectivity index (χ3v) is 5.64. The zero-order valence-corrected chi connectivity index (χ0v) is 18.9. The van der Waals surface area contributed by atoms with Gasteiger partial charge in [0.05, 0.1) is 19.3 Å². The van der Waals surface area contributed by atoms with Crippen LogP contribution in [0.15, 0.2) is 18.2 Å². The van der Waals surface area contributed by atoms with Crippen LogP contribution < -0.4 is 10.5 Å². The minimum Gasteiger partial charge on any atom is -0.496 e. The Labute approximate surface area is 168 Å². The average molecular weight is 378 g/mol. The molecule has 3 heteroatoms. The van der Waals surface area contributed by atoms with Crippen molar-refractivity contribution in [3.63, 3.8) is 0 Å². The van der Waals surface area contributed by atoms with E-state index in [1.807, 2.05) is 18.2 Å². The average Bonchev–Trinajstić information content (AvgIpc) is 2.58. The normalized spacial score (nSPS) is 13.6. The van der Waals surface area contributed by atoms with E-state index in [0.717, 1.165) is 11.3 Å². The van der Waals surface area contributed by atoms with E-state index in [-0.39, 0.29) is 11.0 Å². The second-order valence-electron chi connectivity index (χ2n) is 9.44. The molecule has 1 aromatic rings. The van der Waals surface area contributed by atoms with Crippen molar-refractivity contribution in [2.75, 3.05) is 12.8 Å². The molecule has 0 heterocycles. The fourth-order valence-electron chi connectivity index (χ4n) is 4.20. The van der Waals surface area contributed by atoms with Crippen LogP contribution in [0, 0.1) is 11.3 Å². The lowest BCUT2D eigenvalue weighted by atomic mass is 9.69. The molecule has 1 rings (SSSR count). The van der Waals surface area contributed by atoms with Crippen molar-refractivity contribution in [2.24, 2.45) is 11.3 Å². The highest BCUT2D eigenvalue weighted by atomic mass is 16.5. The Morgan fingerprint density at radius 3 is 2.19 bits per heavy atom. The molecule has 1 aromatic carbocycles. The van der Waals surface area contributed by atoms with Crippen LogP contribution in [-0.4, -0.2) is 12.7 Å². The van der Waals surface area contributed by atoms with Crippen LogP contribution in [0.25, 0.3) is 0 Å². The van der Waals surface area contributed by atoms with E-state index in [9.17, 15) is 0 Å². The predicted molar refractivity (Wildman–Crippen MR) is 117 cm³/mol. The van der Waals surface area contributed by atoms with E-state index >= 15 is 0 Å². The van der Waals surface area contributed by atoms with E-state index in [2.05, 4.69) is 41.5 Å². The molecule has 0 saturated carbocycles. The van der Waals surface area contributed by atoms with Crippen molar-refractivity contribution in [2.45, 2.75) is 98.7 Å². The van der Waals surface area contributed by atoms with E-state index < -0.39 is 0 Å². The Morgan fingerprint density at radius 2 is 1.59 bits per heavy atom. The SMILES string of the molecule is CCCCCCCCC(C(C)(C)C)C(C)(C)OCc1ccc(N)cc1OC. The molecule has 0 aliphatic rings. The fourth-order valence-corrected chi connectivity index (χ4v) is 4.20. The molecule has 0 radical (unpaired) electrons. The van der Waals surface area contributed by atoms with Gasteiger partial charge in [0.1, 0.15) is 5.75 Å². The maximum Gasteiger partial charge on any atom is 0.126 e. The fraction of sp³-hybridized carbons (Fsp3) is 0.750. The highest BCUT2D eigenvalue weighted by molar-refractivity contribution is 5.48. The zero-order valence-electron chi connectivity index (χ0n) is 18.9. The summed E-state index contributed by atoms with van der Waals surface area (Å²) in [5.74, 6) is 1.30. The first kappa shape index (κ1) is 23.8. The summed E-state index contributed by atoms with van der Waals surface area (Å²) in [6, 6.07) is 5.78. The lowest BCUT2D eigenvalue weighted by Crippen LogP contribution is -2.42. The van der Waals surface area contributed by atoms with E-state index in [4.69, 9.17) is 15.2 Å². The number of unbranched alkanes of at least 4 members (excludes halogenated alkanes) is 5. The van der Waals surface area contributed by atoms with E-state index in [1.54, 1.807) is 7.11 Å². The van der Waals surface area contributed by atoms with Gasteiger partial charge < -0.3 is 15.2 Å². The third-order valence-electron chi connectivity index (χ3n) is 5.64. The van der Waals surface area contributed by atoms with Gasteiger partial charge in [0.2, 0.25) is 0 Å². The summed E-state index contributed by atoms with van der Waals surface area (Å²) in [4.78, 5) is 0. The second kappa shape index (κ2) is 10.9. The molecule has 2 N–H and O–H groups in total. The van der Waals surface area contributed by atoms with Crippen LogP contribution in [0.4, 0.5) is 5.69 Å². The zero-order chi connectivity index (χ0) is 20.5. The molecule has 0 aromatic heterocycles. The maximum atomic E-state index is 6.46. The first-order chi connectivity index (χ1) is 12.6. The summed E-state index contributed by atoms with van der Waals surface area (Å²) in [6.45, 7) is 14.3. The quantitative estimate of drug-likeness (QED) is 0.315. The van der Waals surface area contributed by atoms with Gasteiger partial charge in [-0.15, -0.1) is 0 Å². The molecule has 3 nitrogen and oxygen atoms in total. The second-order valence-corrected chi connectivity index (χ2v) is 9.44. The summed E-state index contributed by atoms with van der Waals surface area (Å²) >= 11 is 0. The van der Waals surface area contributed by atoms with Crippen LogP contribution in [0.5, 0.6) is 5.75 Å². The number of anilines is 1. The molecule has 0 fully saturated rings. The number of hydrogen-bond donors (Lipinski definition) is 1. The Kier molecular flexibility index (Phi) is 9.66. The lowest BCUT2D eigenvalue weighted by Gasteiger charge is -2.43. The van der Waals surface area contributed by atoms with Crippen LogP contribution >= 0.6 is 0 Å². The molecule has 0 amide bonds. The molecular formula is C24H43NO2. The first-order valence-corrected chi connectivity index (χ1v) is 10.7. The molecule has 1 atom stereocenters. The summed E-state index contributed by atoms with van der Waals surface area (Å²) in [5.41, 5.74) is 7.64. The number of rotatable bonds is 12. The molecular weight excluding hydrogens is 334 g/mol. The summed E-state index contributed by atoms with van der Waals surface area (Å²) in [6.07, 6.45) is 9.21. The maximum absolute atomic E-state index is 6.46. The Hall–Kier alpha value is -1.22. The predicted octanol–water partition coefficient (Wildman–Crippen LogP) is 6.99. The highest BCUT2D eigenvalue weighted by Crippen LogP contribution is 2.41. The van der Waals surface area contributed by atoms with Gasteiger partial charge >= 0.3 is 0 Å². The van der Waals surface area contributed by atoms with Crippen LogP contribution in [0.2, 0.25) is 0 Å². The number of nitrogens with two attached hydrogens (primary N) is 1. The van der Waals surface area contributed by atoms with Gasteiger partial charge in [0.15, 0.2) is 0 Å². The lowest BCUT2D eigenvalue weighted by molar-refractivity contribution is -0.104. The molecule has 0 bridgehead atoms. The number of methoxy groups -OCH3 is 1. The van der Waals surface area contributed by atoms with Crippen molar-refractivity contribution in [3.8, 4) is 5.75 Å². The minimum absolute atomic E-state index is 0.200. The molecule has 27 heavy (non-hydrogen) atoms. The van der Waals surface area contributed by atoms with Gasteiger partial charge in [0.25, 0.3) is 0 Å². The van der Waals surface area contributed by atoms with Crippen LogP contribution in [0.3, 0.4) is 0 Å². The van der Waals surface area contributed by atoms with E-state index in [1.165, 1.54) is 44.9 Å². The number of hydrogen-bond acceptors (Lipinski definition) is 3. The summed E-state index contributed by atoms with van der Waals surface area (Å²) in [5, 5.41) is 0. The number of ether oxygens (including phenoxy) is 2. The van der Waals surface area contributed by atoms with Gasteiger partial charge in [-0.05, 0) is 37.7 Å². The van der Waals surface area contributed by atoms with Crippen molar-refractivity contribution >= 4 is 5.69 Å². The standard InChI is InChI=1S/C24H43NO2/c1-8-9-10-11-12-13-14-22(23(2,3)4)24(5,6)27-18-19-15-16-20(25)17-21(19)26-7/h15-17,22H,8-14,18,25H2,1-7H3. The van der Waals surface area contributed by atoms with Gasteiger partial charge in [-0.1, -0.05) is 72.3 Å². The monoisotopic (exact) mass is 377 g/mol. The summed E-state index contributed by atoms with van der Waals surface area (Å²) in [7, 11) is 1.68. The Bertz CT molecular complexity index is 546. The molecule has 1 unspecified atom stereocenters. The molecule has 0 aliphatic heterocycles. The Balaban J connectivity index is 2.70. The number of benzene rings is 1. The van der Waals surface area contributed by atoms with Gasteiger partial charge in [0, 0.05) is 17.3 Å². The topological polar surface area (TPSA) is 44.5 Å². The third kappa shape index (κ3) is 8.13. The highest BCUT2D eigenvalue weighted by Gasteiger charge is 2.38.